The summed E-state index contributed by atoms with van der Waals surface area (Å²) in [6, 6.07) is 13.5. The molecule has 1 aromatic carbocycles. The molecular formula is C22H25ClN2O3. The fourth-order valence-corrected chi connectivity index (χ4v) is 4.63. The summed E-state index contributed by atoms with van der Waals surface area (Å²) in [6.07, 6.45) is 4.58. The Balaban J connectivity index is 1.52. The lowest BCUT2D eigenvalue weighted by atomic mass is 9.68. The number of nitrogens with one attached hydrogen (secondary N) is 1. The first kappa shape index (κ1) is 19.4. The van der Waals surface area contributed by atoms with Crippen LogP contribution in [0.3, 0.4) is 0 Å². The van der Waals surface area contributed by atoms with Gasteiger partial charge >= 0.3 is 0 Å². The standard InChI is InChI=1S/C22H25ClN2O3/c23-18-5-3-4-17(12-18)14-25-20(26)13-21(19-6-1-2-9-24-19)7-11-28-22(15-21)8-10-27-16-22/h1-6,9,12H,7-8,10-11,13-16H2,(H,25,26)/t21-,22+/m0/s1. The number of hydrogen-bond donors (Lipinski definition) is 1. The van der Waals surface area contributed by atoms with Gasteiger partial charge in [-0.05, 0) is 42.7 Å². The van der Waals surface area contributed by atoms with Gasteiger partial charge in [-0.2, -0.15) is 0 Å². The molecule has 1 amide bonds. The zero-order chi connectivity index (χ0) is 19.5. The van der Waals surface area contributed by atoms with Crippen LogP contribution in [0.15, 0.2) is 48.7 Å². The zero-order valence-corrected chi connectivity index (χ0v) is 16.6. The van der Waals surface area contributed by atoms with Gasteiger partial charge in [-0.3, -0.25) is 9.78 Å². The highest BCUT2D eigenvalue weighted by atomic mass is 35.5. The number of rotatable bonds is 5. The molecule has 1 spiro atoms. The summed E-state index contributed by atoms with van der Waals surface area (Å²) in [6.45, 7) is 2.37. The van der Waals surface area contributed by atoms with Crippen molar-refractivity contribution in [2.75, 3.05) is 19.8 Å². The van der Waals surface area contributed by atoms with E-state index in [-0.39, 0.29) is 16.9 Å². The van der Waals surface area contributed by atoms with E-state index >= 15 is 0 Å². The Kier molecular flexibility index (Phi) is 5.67. The van der Waals surface area contributed by atoms with Crippen molar-refractivity contribution in [1.29, 1.82) is 0 Å². The zero-order valence-electron chi connectivity index (χ0n) is 15.8. The van der Waals surface area contributed by atoms with Gasteiger partial charge in [0.25, 0.3) is 0 Å². The van der Waals surface area contributed by atoms with Gasteiger partial charge in [0.1, 0.15) is 0 Å². The lowest BCUT2D eigenvalue weighted by Gasteiger charge is -2.45. The van der Waals surface area contributed by atoms with E-state index in [0.717, 1.165) is 30.5 Å². The Morgan fingerprint density at radius 2 is 2.11 bits per heavy atom. The minimum atomic E-state index is -0.342. The topological polar surface area (TPSA) is 60.5 Å². The minimum absolute atomic E-state index is 0.0154. The Morgan fingerprint density at radius 1 is 1.18 bits per heavy atom. The number of carbonyl (C=O) groups is 1. The first-order valence-electron chi connectivity index (χ1n) is 9.74. The van der Waals surface area contributed by atoms with Crippen molar-refractivity contribution in [3.05, 3.63) is 64.9 Å². The number of nitrogens with zero attached hydrogens (tertiary/aromatic N) is 1. The molecule has 2 aromatic rings. The molecule has 1 aromatic heterocycles. The minimum Gasteiger partial charge on any atom is -0.378 e. The molecule has 2 aliphatic rings. The molecule has 148 valence electrons. The van der Waals surface area contributed by atoms with Crippen LogP contribution in [-0.4, -0.2) is 36.3 Å². The maximum absolute atomic E-state index is 12.9. The van der Waals surface area contributed by atoms with Crippen molar-refractivity contribution < 1.29 is 14.3 Å². The van der Waals surface area contributed by atoms with Crippen LogP contribution in [0.25, 0.3) is 0 Å². The van der Waals surface area contributed by atoms with Crippen LogP contribution in [-0.2, 0) is 26.2 Å². The fraction of sp³-hybridized carbons (Fsp3) is 0.455. The van der Waals surface area contributed by atoms with Crippen LogP contribution in [0, 0.1) is 0 Å². The molecule has 0 aliphatic carbocycles. The van der Waals surface area contributed by atoms with E-state index in [1.165, 1.54) is 0 Å². The SMILES string of the molecule is O=C(C[C@@]1(c2ccccn2)CCO[C@]2(CCOC2)C1)NCc1cccc(Cl)c1. The predicted octanol–water partition coefficient (Wildman–Crippen LogP) is 3.65. The van der Waals surface area contributed by atoms with E-state index < -0.39 is 0 Å². The summed E-state index contributed by atoms with van der Waals surface area (Å²) in [4.78, 5) is 17.5. The van der Waals surface area contributed by atoms with Gasteiger partial charge in [0.15, 0.2) is 0 Å². The number of amides is 1. The van der Waals surface area contributed by atoms with Gasteiger partial charge in [0.05, 0.1) is 12.2 Å². The highest BCUT2D eigenvalue weighted by molar-refractivity contribution is 6.30. The molecule has 2 atom stereocenters. The second kappa shape index (κ2) is 8.19. The van der Waals surface area contributed by atoms with Crippen LogP contribution in [0.5, 0.6) is 0 Å². The van der Waals surface area contributed by atoms with E-state index in [0.29, 0.717) is 37.8 Å². The number of benzene rings is 1. The van der Waals surface area contributed by atoms with E-state index in [2.05, 4.69) is 10.3 Å². The van der Waals surface area contributed by atoms with Crippen molar-refractivity contribution in [3.63, 3.8) is 0 Å². The summed E-state index contributed by atoms with van der Waals surface area (Å²) in [5.41, 5.74) is 1.30. The third kappa shape index (κ3) is 4.22. The van der Waals surface area contributed by atoms with Gasteiger partial charge in [0, 0.05) is 54.9 Å². The Morgan fingerprint density at radius 3 is 2.86 bits per heavy atom. The van der Waals surface area contributed by atoms with Crippen LogP contribution < -0.4 is 5.32 Å². The van der Waals surface area contributed by atoms with E-state index in [4.69, 9.17) is 21.1 Å². The largest absolute Gasteiger partial charge is 0.378 e. The molecule has 0 bridgehead atoms. The quantitative estimate of drug-likeness (QED) is 0.832. The number of halogens is 1. The highest BCUT2D eigenvalue weighted by Crippen LogP contribution is 2.46. The number of aromatic nitrogens is 1. The van der Waals surface area contributed by atoms with E-state index in [1.54, 1.807) is 6.20 Å². The Bertz CT molecular complexity index is 824. The monoisotopic (exact) mass is 400 g/mol. The van der Waals surface area contributed by atoms with Crippen molar-refractivity contribution in [2.24, 2.45) is 0 Å². The molecule has 28 heavy (non-hydrogen) atoms. The molecule has 4 rings (SSSR count). The van der Waals surface area contributed by atoms with Crippen LogP contribution >= 0.6 is 11.6 Å². The van der Waals surface area contributed by atoms with E-state index in [1.807, 2.05) is 42.5 Å². The first-order chi connectivity index (χ1) is 13.6. The van der Waals surface area contributed by atoms with Crippen molar-refractivity contribution in [3.8, 4) is 0 Å². The first-order valence-corrected chi connectivity index (χ1v) is 10.1. The summed E-state index contributed by atoms with van der Waals surface area (Å²) in [5, 5.41) is 3.72. The summed E-state index contributed by atoms with van der Waals surface area (Å²) in [7, 11) is 0. The molecule has 3 heterocycles. The van der Waals surface area contributed by atoms with E-state index in [9.17, 15) is 4.79 Å². The summed E-state index contributed by atoms with van der Waals surface area (Å²) >= 11 is 6.04. The molecule has 5 nitrogen and oxygen atoms in total. The van der Waals surface area contributed by atoms with Gasteiger partial charge in [0.2, 0.25) is 5.91 Å². The fourth-order valence-electron chi connectivity index (χ4n) is 4.41. The van der Waals surface area contributed by atoms with Gasteiger partial charge in [-0.1, -0.05) is 29.8 Å². The van der Waals surface area contributed by atoms with Crippen molar-refractivity contribution >= 4 is 17.5 Å². The second-order valence-electron chi connectivity index (χ2n) is 7.84. The molecule has 6 heteroatoms. The smallest absolute Gasteiger partial charge is 0.221 e. The van der Waals surface area contributed by atoms with Crippen LogP contribution in [0.2, 0.25) is 5.02 Å². The predicted molar refractivity (Wildman–Crippen MR) is 107 cm³/mol. The average Bonchev–Trinajstić information content (AvgIpc) is 3.14. The number of ether oxygens (including phenoxy) is 2. The lowest BCUT2D eigenvalue weighted by Crippen LogP contribution is -2.50. The van der Waals surface area contributed by atoms with Gasteiger partial charge in [-0.25, -0.2) is 0 Å². The number of hydrogen-bond acceptors (Lipinski definition) is 4. The normalized spacial score (nSPS) is 27.0. The second-order valence-corrected chi connectivity index (χ2v) is 8.28. The van der Waals surface area contributed by atoms with Gasteiger partial charge in [-0.15, -0.1) is 0 Å². The maximum Gasteiger partial charge on any atom is 0.221 e. The third-order valence-electron chi connectivity index (χ3n) is 5.80. The van der Waals surface area contributed by atoms with Gasteiger partial charge < -0.3 is 14.8 Å². The van der Waals surface area contributed by atoms with Crippen molar-refractivity contribution in [2.45, 2.75) is 43.2 Å². The molecule has 0 radical (unpaired) electrons. The molecule has 2 fully saturated rings. The number of carbonyl (C=O) groups excluding carboxylic acids is 1. The molecule has 2 saturated heterocycles. The van der Waals surface area contributed by atoms with Crippen LogP contribution in [0.1, 0.15) is 36.9 Å². The maximum atomic E-state index is 12.9. The third-order valence-corrected chi connectivity index (χ3v) is 6.04. The van der Waals surface area contributed by atoms with Crippen molar-refractivity contribution in [1.82, 2.24) is 10.3 Å². The summed E-state index contributed by atoms with van der Waals surface area (Å²) in [5.74, 6) is 0.0154. The lowest BCUT2D eigenvalue weighted by molar-refractivity contribution is -0.130. The molecule has 0 saturated carbocycles. The Labute approximate surface area is 170 Å². The highest BCUT2D eigenvalue weighted by Gasteiger charge is 2.50. The summed E-state index contributed by atoms with van der Waals surface area (Å²) < 4.78 is 11.8. The molecule has 2 aliphatic heterocycles. The molecule has 0 unspecified atom stereocenters. The average molecular weight is 401 g/mol. The molecule has 1 N–H and O–H groups in total. The molecular weight excluding hydrogens is 376 g/mol. The Hall–Kier alpha value is -1.95. The number of pyridine rings is 1. The van der Waals surface area contributed by atoms with Crippen LogP contribution in [0.4, 0.5) is 0 Å².